The van der Waals surface area contributed by atoms with Gasteiger partial charge < -0.3 is 10.2 Å². The molecule has 0 unspecified atom stereocenters. The van der Waals surface area contributed by atoms with Crippen molar-refractivity contribution >= 4 is 11.8 Å². The Bertz CT molecular complexity index is 315. The average Bonchev–Trinajstić information content (AvgIpc) is 3.05. The van der Waals surface area contributed by atoms with Gasteiger partial charge in [-0.15, -0.1) is 6.58 Å². The molecule has 5 nitrogen and oxygen atoms in total. The molecule has 0 aromatic carbocycles. The van der Waals surface area contributed by atoms with Gasteiger partial charge in [-0.1, -0.05) is 6.08 Å². The minimum absolute atomic E-state index is 0.142. The van der Waals surface area contributed by atoms with Crippen LogP contribution in [0.1, 0.15) is 12.8 Å². The third kappa shape index (κ3) is 3.09. The Balaban J connectivity index is 2.51. The summed E-state index contributed by atoms with van der Waals surface area (Å²) in [6.45, 7) is 3.77. The first-order valence-electron chi connectivity index (χ1n) is 4.77. The second-order valence-corrected chi connectivity index (χ2v) is 3.32. The fraction of sp³-hybridized carbons (Fsp3) is 0.500. The molecule has 1 aliphatic carbocycles. The summed E-state index contributed by atoms with van der Waals surface area (Å²) in [5.41, 5.74) is 0. The zero-order valence-corrected chi connectivity index (χ0v) is 8.40. The highest BCUT2D eigenvalue weighted by molar-refractivity contribution is 6.35. The topological polar surface area (TPSA) is 73.2 Å². The van der Waals surface area contributed by atoms with Crippen LogP contribution in [0.4, 0.5) is 0 Å². The molecule has 5 heteroatoms. The summed E-state index contributed by atoms with van der Waals surface area (Å²) in [4.78, 5) is 24.3. The summed E-state index contributed by atoms with van der Waals surface area (Å²) < 4.78 is 0. The summed E-state index contributed by atoms with van der Waals surface area (Å²) in [7, 11) is 0. The van der Waals surface area contributed by atoms with Crippen LogP contribution in [0, 0.1) is 11.3 Å². The standard InChI is InChI=1S/C10H13N3O2/c1-2-7-13(8-3-4-8)10(15)9(14)12-6-5-11/h2,8H,1,3-4,6-7H2,(H,12,14). The van der Waals surface area contributed by atoms with Gasteiger partial charge in [-0.25, -0.2) is 0 Å². The molecule has 1 fully saturated rings. The Hall–Kier alpha value is -1.83. The van der Waals surface area contributed by atoms with E-state index in [0.717, 1.165) is 12.8 Å². The lowest BCUT2D eigenvalue weighted by molar-refractivity contribution is -0.145. The number of rotatable bonds is 4. The van der Waals surface area contributed by atoms with Crippen LogP contribution in [0.5, 0.6) is 0 Å². The van der Waals surface area contributed by atoms with Gasteiger partial charge in [0.2, 0.25) is 0 Å². The van der Waals surface area contributed by atoms with Gasteiger partial charge in [-0.05, 0) is 12.8 Å². The molecule has 0 spiro atoms. The molecule has 0 aromatic heterocycles. The monoisotopic (exact) mass is 207 g/mol. The van der Waals surface area contributed by atoms with Crippen LogP contribution in [-0.2, 0) is 9.59 Å². The minimum Gasteiger partial charge on any atom is -0.335 e. The van der Waals surface area contributed by atoms with E-state index in [-0.39, 0.29) is 12.6 Å². The van der Waals surface area contributed by atoms with Crippen LogP contribution >= 0.6 is 0 Å². The lowest BCUT2D eigenvalue weighted by Gasteiger charge is -2.19. The summed E-state index contributed by atoms with van der Waals surface area (Å²) in [5, 5.41) is 10.5. The van der Waals surface area contributed by atoms with Crippen LogP contribution in [0.15, 0.2) is 12.7 Å². The van der Waals surface area contributed by atoms with E-state index in [1.54, 1.807) is 12.1 Å². The number of nitriles is 1. The third-order valence-corrected chi connectivity index (χ3v) is 2.10. The first-order chi connectivity index (χ1) is 7.20. The molecule has 2 amide bonds. The van der Waals surface area contributed by atoms with Gasteiger partial charge in [-0.2, -0.15) is 5.26 Å². The van der Waals surface area contributed by atoms with E-state index in [2.05, 4.69) is 11.9 Å². The molecule has 0 heterocycles. The quantitative estimate of drug-likeness (QED) is 0.394. The molecule has 80 valence electrons. The van der Waals surface area contributed by atoms with E-state index in [4.69, 9.17) is 5.26 Å². The second-order valence-electron chi connectivity index (χ2n) is 3.32. The first-order valence-corrected chi connectivity index (χ1v) is 4.77. The predicted molar refractivity (Wildman–Crippen MR) is 53.6 cm³/mol. The van der Waals surface area contributed by atoms with Crippen molar-refractivity contribution in [3.8, 4) is 6.07 Å². The van der Waals surface area contributed by atoms with Crippen LogP contribution in [0.2, 0.25) is 0 Å². The smallest absolute Gasteiger partial charge is 0.312 e. The molecule has 1 rings (SSSR count). The minimum atomic E-state index is -0.717. The Labute approximate surface area is 88.4 Å². The van der Waals surface area contributed by atoms with E-state index < -0.39 is 11.8 Å². The number of carbonyl (C=O) groups is 2. The van der Waals surface area contributed by atoms with E-state index in [1.165, 1.54) is 4.90 Å². The zero-order chi connectivity index (χ0) is 11.3. The molecule has 1 N–H and O–H groups in total. The van der Waals surface area contributed by atoms with E-state index in [0.29, 0.717) is 6.54 Å². The SMILES string of the molecule is C=CCN(C(=O)C(=O)NCC#N)C1CC1. The Morgan fingerprint density at radius 3 is 2.73 bits per heavy atom. The van der Waals surface area contributed by atoms with Crippen LogP contribution in [-0.4, -0.2) is 35.8 Å². The molecule has 15 heavy (non-hydrogen) atoms. The van der Waals surface area contributed by atoms with Crippen molar-refractivity contribution < 1.29 is 9.59 Å². The summed E-state index contributed by atoms with van der Waals surface area (Å²) in [5.74, 6) is -1.29. The molecular weight excluding hydrogens is 194 g/mol. The number of hydrogen-bond acceptors (Lipinski definition) is 3. The highest BCUT2D eigenvalue weighted by Gasteiger charge is 2.34. The molecule has 1 aliphatic rings. The van der Waals surface area contributed by atoms with Gasteiger partial charge in [0.05, 0.1) is 6.07 Å². The van der Waals surface area contributed by atoms with Crippen molar-refractivity contribution in [3.05, 3.63) is 12.7 Å². The summed E-state index contributed by atoms with van der Waals surface area (Å²) in [6, 6.07) is 1.92. The largest absolute Gasteiger partial charge is 0.335 e. The number of amides is 2. The van der Waals surface area contributed by atoms with Gasteiger partial charge in [0.25, 0.3) is 0 Å². The summed E-state index contributed by atoms with van der Waals surface area (Å²) in [6.07, 6.45) is 3.46. The van der Waals surface area contributed by atoms with Gasteiger partial charge in [0.15, 0.2) is 0 Å². The molecule has 0 saturated heterocycles. The van der Waals surface area contributed by atoms with E-state index in [9.17, 15) is 9.59 Å². The third-order valence-electron chi connectivity index (χ3n) is 2.10. The molecular formula is C10H13N3O2. The molecule has 0 aliphatic heterocycles. The van der Waals surface area contributed by atoms with E-state index >= 15 is 0 Å². The van der Waals surface area contributed by atoms with Crippen LogP contribution in [0.25, 0.3) is 0 Å². The Kier molecular flexibility index (Phi) is 3.86. The van der Waals surface area contributed by atoms with Crippen molar-refractivity contribution in [2.45, 2.75) is 18.9 Å². The number of carbonyl (C=O) groups excluding carboxylic acids is 2. The first kappa shape index (κ1) is 11.2. The number of nitrogens with zero attached hydrogens (tertiary/aromatic N) is 2. The molecule has 0 bridgehead atoms. The fourth-order valence-corrected chi connectivity index (χ4v) is 1.25. The second kappa shape index (κ2) is 5.15. The predicted octanol–water partition coefficient (Wildman–Crippen LogP) is -0.197. The van der Waals surface area contributed by atoms with Crippen LogP contribution < -0.4 is 5.32 Å². The Morgan fingerprint density at radius 2 is 2.27 bits per heavy atom. The summed E-state index contributed by atoms with van der Waals surface area (Å²) >= 11 is 0. The molecule has 0 aromatic rings. The fourth-order valence-electron chi connectivity index (χ4n) is 1.25. The lowest BCUT2D eigenvalue weighted by Crippen LogP contribution is -2.44. The number of hydrogen-bond donors (Lipinski definition) is 1. The zero-order valence-electron chi connectivity index (χ0n) is 8.40. The lowest BCUT2D eigenvalue weighted by atomic mass is 10.4. The average molecular weight is 207 g/mol. The maximum absolute atomic E-state index is 11.6. The van der Waals surface area contributed by atoms with Crippen LogP contribution in [0.3, 0.4) is 0 Å². The van der Waals surface area contributed by atoms with Crippen molar-refractivity contribution in [2.75, 3.05) is 13.1 Å². The molecule has 1 saturated carbocycles. The van der Waals surface area contributed by atoms with Gasteiger partial charge >= 0.3 is 11.8 Å². The van der Waals surface area contributed by atoms with Crippen molar-refractivity contribution in [3.63, 3.8) is 0 Å². The maximum Gasteiger partial charge on any atom is 0.312 e. The maximum atomic E-state index is 11.6. The van der Waals surface area contributed by atoms with Gasteiger partial charge in [-0.3, -0.25) is 9.59 Å². The van der Waals surface area contributed by atoms with Gasteiger partial charge in [0, 0.05) is 12.6 Å². The van der Waals surface area contributed by atoms with Crippen molar-refractivity contribution in [1.29, 1.82) is 5.26 Å². The molecule has 0 radical (unpaired) electrons. The molecule has 0 atom stereocenters. The highest BCUT2D eigenvalue weighted by atomic mass is 16.2. The van der Waals surface area contributed by atoms with Crippen molar-refractivity contribution in [1.82, 2.24) is 10.2 Å². The highest BCUT2D eigenvalue weighted by Crippen LogP contribution is 2.26. The van der Waals surface area contributed by atoms with Gasteiger partial charge in [0.1, 0.15) is 6.54 Å². The normalized spacial score (nSPS) is 13.8. The Morgan fingerprint density at radius 1 is 1.60 bits per heavy atom. The van der Waals surface area contributed by atoms with Crippen molar-refractivity contribution in [2.24, 2.45) is 0 Å². The number of nitrogens with one attached hydrogen (secondary N) is 1. The van der Waals surface area contributed by atoms with E-state index in [1.807, 2.05) is 0 Å².